The Hall–Kier alpha value is -0.520. The standard InChI is InChI=1S/C10H17/c1-3-5-7-9-10-8-6-4-2/h3,5,8,10H,1,4,6-7,9H2,2H3/b5-3+,10-8+. The third-order valence-corrected chi connectivity index (χ3v) is 1.29. The van der Waals surface area contributed by atoms with Crippen LogP contribution in [0.3, 0.4) is 0 Å². The van der Waals surface area contributed by atoms with E-state index in [1.54, 1.807) is 0 Å². The van der Waals surface area contributed by atoms with E-state index in [0.717, 1.165) is 12.8 Å². The number of hydrogen-bond acceptors (Lipinski definition) is 0. The highest BCUT2D eigenvalue weighted by Crippen LogP contribution is 1.95. The molecule has 10 heavy (non-hydrogen) atoms. The van der Waals surface area contributed by atoms with E-state index in [-0.39, 0.29) is 0 Å². The minimum absolute atomic E-state index is 1.13. The van der Waals surface area contributed by atoms with Crippen molar-refractivity contribution in [2.24, 2.45) is 0 Å². The van der Waals surface area contributed by atoms with Gasteiger partial charge in [0.25, 0.3) is 0 Å². The fourth-order valence-corrected chi connectivity index (χ4v) is 0.713. The Morgan fingerprint density at radius 1 is 1.00 bits per heavy atom. The molecule has 0 aromatic heterocycles. The molecule has 0 atom stereocenters. The van der Waals surface area contributed by atoms with Crippen molar-refractivity contribution in [3.8, 4) is 0 Å². The van der Waals surface area contributed by atoms with Crippen molar-refractivity contribution in [2.45, 2.75) is 32.6 Å². The molecule has 0 amide bonds. The Bertz CT molecular complexity index is 98.6. The molecule has 0 heteroatoms. The van der Waals surface area contributed by atoms with Crippen LogP contribution in [0.5, 0.6) is 0 Å². The van der Waals surface area contributed by atoms with Gasteiger partial charge in [-0.1, -0.05) is 37.6 Å². The quantitative estimate of drug-likeness (QED) is 0.402. The van der Waals surface area contributed by atoms with Crippen LogP contribution in [0.1, 0.15) is 32.6 Å². The van der Waals surface area contributed by atoms with Crippen LogP contribution >= 0.6 is 0 Å². The van der Waals surface area contributed by atoms with Gasteiger partial charge in [0.05, 0.1) is 0 Å². The van der Waals surface area contributed by atoms with Gasteiger partial charge in [-0.05, 0) is 26.2 Å². The van der Waals surface area contributed by atoms with Gasteiger partial charge in [0.1, 0.15) is 0 Å². The molecule has 0 aliphatic heterocycles. The molecule has 0 bridgehead atoms. The van der Waals surface area contributed by atoms with Crippen molar-refractivity contribution in [3.05, 3.63) is 31.2 Å². The van der Waals surface area contributed by atoms with Crippen LogP contribution in [0.2, 0.25) is 0 Å². The predicted molar refractivity (Wildman–Crippen MR) is 47.8 cm³/mol. The lowest BCUT2D eigenvalue weighted by molar-refractivity contribution is 0.943. The Labute approximate surface area is 64.6 Å². The molecule has 0 saturated heterocycles. The molecule has 0 N–H and O–H groups in total. The zero-order chi connectivity index (χ0) is 7.66. The van der Waals surface area contributed by atoms with Gasteiger partial charge in [0, 0.05) is 0 Å². The summed E-state index contributed by atoms with van der Waals surface area (Å²) in [5.41, 5.74) is 0. The Morgan fingerprint density at radius 2 is 1.60 bits per heavy atom. The van der Waals surface area contributed by atoms with Gasteiger partial charge in [-0.15, -0.1) is 0 Å². The molecule has 0 saturated carbocycles. The smallest absolute Gasteiger partial charge is 0.0316 e. The normalized spacial score (nSPS) is 11.8. The van der Waals surface area contributed by atoms with Crippen molar-refractivity contribution in [1.29, 1.82) is 0 Å². The summed E-state index contributed by atoms with van der Waals surface area (Å²) in [7, 11) is 0. The molecule has 57 valence electrons. The largest absolute Gasteiger partial charge is 0.0885 e. The Morgan fingerprint density at radius 3 is 2.20 bits per heavy atom. The Kier molecular flexibility index (Phi) is 8.04. The van der Waals surface area contributed by atoms with Crippen molar-refractivity contribution >= 4 is 0 Å². The maximum Gasteiger partial charge on any atom is -0.0316 e. The molecule has 0 aromatic rings. The SMILES string of the molecule is [CH2]/C=C/CC/C=C/CCC. The first-order valence-electron chi connectivity index (χ1n) is 4.01. The molecule has 0 aliphatic carbocycles. The summed E-state index contributed by atoms with van der Waals surface area (Å²) in [5.74, 6) is 0. The summed E-state index contributed by atoms with van der Waals surface area (Å²) in [4.78, 5) is 0. The van der Waals surface area contributed by atoms with Crippen LogP contribution < -0.4 is 0 Å². The topological polar surface area (TPSA) is 0 Å². The zero-order valence-electron chi connectivity index (χ0n) is 6.84. The fraction of sp³-hybridized carbons (Fsp3) is 0.500. The maximum atomic E-state index is 3.62. The number of hydrogen-bond donors (Lipinski definition) is 0. The van der Waals surface area contributed by atoms with E-state index in [2.05, 4.69) is 32.1 Å². The van der Waals surface area contributed by atoms with Gasteiger partial charge in [0.2, 0.25) is 0 Å². The van der Waals surface area contributed by atoms with Crippen LogP contribution in [-0.2, 0) is 0 Å². The van der Waals surface area contributed by atoms with E-state index in [4.69, 9.17) is 0 Å². The molecule has 0 unspecified atom stereocenters. The van der Waals surface area contributed by atoms with Crippen molar-refractivity contribution < 1.29 is 0 Å². The molecular formula is C10H17. The third-order valence-electron chi connectivity index (χ3n) is 1.29. The van der Waals surface area contributed by atoms with Crippen LogP contribution in [0, 0.1) is 6.92 Å². The number of allylic oxidation sites excluding steroid dienone is 4. The minimum Gasteiger partial charge on any atom is -0.0885 e. The average molecular weight is 137 g/mol. The summed E-state index contributed by atoms with van der Waals surface area (Å²) in [6.07, 6.45) is 13.2. The molecule has 0 aromatic carbocycles. The van der Waals surface area contributed by atoms with E-state index in [1.807, 2.05) is 6.08 Å². The lowest BCUT2D eigenvalue weighted by Gasteiger charge is -1.85. The first kappa shape index (κ1) is 9.48. The third kappa shape index (κ3) is 7.48. The lowest BCUT2D eigenvalue weighted by atomic mass is 10.2. The maximum absolute atomic E-state index is 3.62. The molecule has 0 nitrogen and oxygen atoms in total. The van der Waals surface area contributed by atoms with Gasteiger partial charge >= 0.3 is 0 Å². The van der Waals surface area contributed by atoms with Crippen LogP contribution in [-0.4, -0.2) is 0 Å². The highest BCUT2D eigenvalue weighted by atomic mass is 13.8. The van der Waals surface area contributed by atoms with E-state index in [1.165, 1.54) is 12.8 Å². The molecule has 0 fully saturated rings. The van der Waals surface area contributed by atoms with Gasteiger partial charge in [-0.25, -0.2) is 0 Å². The van der Waals surface area contributed by atoms with E-state index >= 15 is 0 Å². The highest BCUT2D eigenvalue weighted by molar-refractivity contribution is 4.88. The van der Waals surface area contributed by atoms with E-state index < -0.39 is 0 Å². The second-order valence-corrected chi connectivity index (χ2v) is 2.31. The van der Waals surface area contributed by atoms with Crippen molar-refractivity contribution in [2.75, 3.05) is 0 Å². The minimum atomic E-state index is 1.13. The fourth-order valence-electron chi connectivity index (χ4n) is 0.713. The van der Waals surface area contributed by atoms with Crippen LogP contribution in [0.25, 0.3) is 0 Å². The lowest BCUT2D eigenvalue weighted by Crippen LogP contribution is -1.65. The van der Waals surface area contributed by atoms with Crippen LogP contribution in [0.4, 0.5) is 0 Å². The van der Waals surface area contributed by atoms with E-state index in [0.29, 0.717) is 0 Å². The summed E-state index contributed by atoms with van der Waals surface area (Å²) >= 11 is 0. The summed E-state index contributed by atoms with van der Waals surface area (Å²) in [6, 6.07) is 0. The second-order valence-electron chi connectivity index (χ2n) is 2.31. The monoisotopic (exact) mass is 137 g/mol. The summed E-state index contributed by atoms with van der Waals surface area (Å²) in [6.45, 7) is 5.81. The van der Waals surface area contributed by atoms with Crippen molar-refractivity contribution in [1.82, 2.24) is 0 Å². The van der Waals surface area contributed by atoms with Gasteiger partial charge in [-0.2, -0.15) is 0 Å². The number of rotatable bonds is 5. The second kappa shape index (κ2) is 8.48. The molecule has 0 aliphatic rings. The van der Waals surface area contributed by atoms with Gasteiger partial charge in [-0.3, -0.25) is 0 Å². The summed E-state index contributed by atoms with van der Waals surface area (Å²) < 4.78 is 0. The molecule has 0 heterocycles. The van der Waals surface area contributed by atoms with Gasteiger partial charge in [0.15, 0.2) is 0 Å². The number of unbranched alkanes of at least 4 members (excludes halogenated alkanes) is 2. The van der Waals surface area contributed by atoms with Crippen LogP contribution in [0.15, 0.2) is 24.3 Å². The molecule has 1 radical (unpaired) electrons. The molecule has 0 rings (SSSR count). The average Bonchev–Trinajstić information content (AvgIpc) is 1.97. The summed E-state index contributed by atoms with van der Waals surface area (Å²) in [5, 5.41) is 0. The van der Waals surface area contributed by atoms with Crippen molar-refractivity contribution in [3.63, 3.8) is 0 Å². The first-order valence-corrected chi connectivity index (χ1v) is 4.01. The highest BCUT2D eigenvalue weighted by Gasteiger charge is 1.74. The van der Waals surface area contributed by atoms with Gasteiger partial charge < -0.3 is 0 Å². The zero-order valence-corrected chi connectivity index (χ0v) is 6.84. The Balaban J connectivity index is 3.02. The predicted octanol–water partition coefficient (Wildman–Crippen LogP) is 3.51. The first-order chi connectivity index (χ1) is 4.91. The molecular weight excluding hydrogens is 120 g/mol. The molecule has 0 spiro atoms. The van der Waals surface area contributed by atoms with E-state index in [9.17, 15) is 0 Å².